The Morgan fingerprint density at radius 1 is 2.00 bits per heavy atom. The van der Waals surface area contributed by atoms with Gasteiger partial charge in [0.2, 0.25) is 9.12 Å². The van der Waals surface area contributed by atoms with Crippen LogP contribution >= 0.6 is 9.12 Å². The summed E-state index contributed by atoms with van der Waals surface area (Å²) in [6.45, 7) is 2.24. The first-order valence-corrected chi connectivity index (χ1v) is 2.18. The fourth-order valence-electron chi connectivity index (χ4n) is 0.0546. The van der Waals surface area contributed by atoms with E-state index in [0.29, 0.717) is 6.61 Å². The maximum absolute atomic E-state index is 10.8. The second-order valence-corrected chi connectivity index (χ2v) is 0.953. The van der Waals surface area contributed by atoms with Crippen LogP contribution < -0.4 is 0 Å². The van der Waals surface area contributed by atoms with Crippen LogP contribution in [0.5, 0.6) is 0 Å². The molecule has 0 N–H and O–H groups in total. The highest BCUT2D eigenvalue weighted by Gasteiger charge is 1.68. The van der Waals surface area contributed by atoms with Crippen LogP contribution in [0.2, 0.25) is 0 Å². The lowest BCUT2D eigenvalue weighted by Gasteiger charge is -1.81. The Hall–Kier alpha value is 0.320. The number of halogens is 1. The van der Waals surface area contributed by atoms with E-state index in [4.69, 9.17) is 0 Å². The van der Waals surface area contributed by atoms with Gasteiger partial charge in [-0.15, -0.1) is 0 Å². The van der Waals surface area contributed by atoms with Crippen LogP contribution in [-0.2, 0) is 4.52 Å². The molecular formula is C2H6FOP. The van der Waals surface area contributed by atoms with E-state index in [1.165, 1.54) is 0 Å². The van der Waals surface area contributed by atoms with Crippen LogP contribution in [0.15, 0.2) is 0 Å². The molecule has 32 valence electrons. The summed E-state index contributed by atoms with van der Waals surface area (Å²) in [4.78, 5) is 0. The van der Waals surface area contributed by atoms with E-state index in [1.807, 2.05) is 0 Å². The molecule has 0 saturated carbocycles. The van der Waals surface area contributed by atoms with Crippen molar-refractivity contribution in [3.63, 3.8) is 0 Å². The van der Waals surface area contributed by atoms with Gasteiger partial charge in [-0.2, -0.15) is 4.20 Å². The van der Waals surface area contributed by atoms with Gasteiger partial charge in [0.25, 0.3) is 0 Å². The minimum absolute atomic E-state index is 0.481. The number of hydrogen-bond acceptors (Lipinski definition) is 1. The van der Waals surface area contributed by atoms with Crippen molar-refractivity contribution in [3.8, 4) is 0 Å². The van der Waals surface area contributed by atoms with Gasteiger partial charge >= 0.3 is 0 Å². The molecule has 3 heteroatoms. The van der Waals surface area contributed by atoms with Gasteiger partial charge in [-0.1, -0.05) is 0 Å². The Morgan fingerprint density at radius 2 is 2.60 bits per heavy atom. The summed E-state index contributed by atoms with van der Waals surface area (Å²) in [6.07, 6.45) is 0. The van der Waals surface area contributed by atoms with Crippen LogP contribution in [0, 0.1) is 0 Å². The normalized spacial score (nSPS) is 10.8. The molecule has 1 atom stereocenters. The molecule has 0 radical (unpaired) electrons. The van der Waals surface area contributed by atoms with Crippen LogP contribution in [0.25, 0.3) is 0 Å². The molecule has 0 saturated heterocycles. The summed E-state index contributed by atoms with van der Waals surface area (Å²) in [5.41, 5.74) is 0. The largest absolute Gasteiger partial charge is 0.333 e. The van der Waals surface area contributed by atoms with Gasteiger partial charge in [0.1, 0.15) is 0 Å². The standard InChI is InChI=1S/C2H6FOP/c1-2-4-5-3/h5H,2H2,1H3. The van der Waals surface area contributed by atoms with Crippen LogP contribution in [0.1, 0.15) is 6.92 Å². The summed E-state index contributed by atoms with van der Waals surface area (Å²) < 4.78 is 15.0. The summed E-state index contributed by atoms with van der Waals surface area (Å²) in [5.74, 6) is 0. The van der Waals surface area contributed by atoms with Gasteiger partial charge in [-0.25, -0.2) is 0 Å². The lowest BCUT2D eigenvalue weighted by Crippen LogP contribution is -1.66. The Kier molecular flexibility index (Phi) is 4.60. The van der Waals surface area contributed by atoms with Crippen molar-refractivity contribution in [3.05, 3.63) is 0 Å². The van der Waals surface area contributed by atoms with Crippen molar-refractivity contribution in [2.45, 2.75) is 6.92 Å². The molecule has 0 heterocycles. The summed E-state index contributed by atoms with van der Waals surface area (Å²) >= 11 is 0. The highest BCUT2D eigenvalue weighted by atomic mass is 31.1. The van der Waals surface area contributed by atoms with Gasteiger partial charge in [0.15, 0.2) is 0 Å². The van der Waals surface area contributed by atoms with E-state index >= 15 is 0 Å². The fraction of sp³-hybridized carbons (Fsp3) is 1.00. The van der Waals surface area contributed by atoms with Crippen molar-refractivity contribution >= 4 is 9.12 Å². The zero-order valence-corrected chi connectivity index (χ0v) is 3.99. The molecule has 1 nitrogen and oxygen atoms in total. The van der Waals surface area contributed by atoms with E-state index in [0.717, 1.165) is 0 Å². The number of hydrogen-bond donors (Lipinski definition) is 0. The average molecular weight is 96.0 g/mol. The first-order valence-electron chi connectivity index (χ1n) is 1.39. The average Bonchev–Trinajstić information content (AvgIpc) is 1.41. The molecule has 0 aromatic rings. The second kappa shape index (κ2) is 4.32. The SMILES string of the molecule is CCOPF. The zero-order chi connectivity index (χ0) is 4.12. The third-order valence-corrected chi connectivity index (χ3v) is 0.597. The molecule has 0 fully saturated rings. The quantitative estimate of drug-likeness (QED) is 0.473. The first kappa shape index (κ1) is 5.32. The highest BCUT2D eigenvalue weighted by molar-refractivity contribution is 7.25. The minimum Gasteiger partial charge on any atom is -0.333 e. The van der Waals surface area contributed by atoms with E-state index in [2.05, 4.69) is 4.52 Å². The molecule has 0 aromatic heterocycles. The van der Waals surface area contributed by atoms with Gasteiger partial charge in [-0.3, -0.25) is 0 Å². The monoisotopic (exact) mass is 96.0 g/mol. The van der Waals surface area contributed by atoms with Crippen LogP contribution in [-0.4, -0.2) is 6.61 Å². The second-order valence-electron chi connectivity index (χ2n) is 0.510. The lowest BCUT2D eigenvalue weighted by atomic mass is 10.9. The molecule has 0 aliphatic carbocycles. The Bertz CT molecular complexity index is 17.1. The van der Waals surface area contributed by atoms with Gasteiger partial charge in [0, 0.05) is 0 Å². The van der Waals surface area contributed by atoms with E-state index in [1.54, 1.807) is 6.92 Å². The molecule has 0 amide bonds. The third-order valence-electron chi connectivity index (χ3n) is 0.199. The molecular weight excluding hydrogens is 90.0 g/mol. The first-order chi connectivity index (χ1) is 2.41. The molecule has 0 aromatic carbocycles. The Balaban J connectivity index is 2.19. The molecule has 0 rings (SSSR count). The maximum Gasteiger partial charge on any atom is 0.205 e. The van der Waals surface area contributed by atoms with Crippen molar-refractivity contribution in [2.24, 2.45) is 0 Å². The Morgan fingerprint density at radius 3 is 2.60 bits per heavy atom. The summed E-state index contributed by atoms with van der Waals surface area (Å²) in [5, 5.41) is 0. The molecule has 0 aliphatic heterocycles. The molecule has 5 heavy (non-hydrogen) atoms. The molecule has 0 spiro atoms. The summed E-state index contributed by atoms with van der Waals surface area (Å²) in [7, 11) is -0.842. The third kappa shape index (κ3) is 4.32. The fourth-order valence-corrected chi connectivity index (χ4v) is 0.164. The smallest absolute Gasteiger partial charge is 0.205 e. The van der Waals surface area contributed by atoms with Crippen molar-refractivity contribution in [1.82, 2.24) is 0 Å². The Labute approximate surface area is 32.5 Å². The summed E-state index contributed by atoms with van der Waals surface area (Å²) in [6, 6.07) is 0. The molecule has 1 unspecified atom stereocenters. The van der Waals surface area contributed by atoms with E-state index < -0.39 is 9.12 Å². The van der Waals surface area contributed by atoms with Crippen LogP contribution in [0.3, 0.4) is 0 Å². The van der Waals surface area contributed by atoms with E-state index in [-0.39, 0.29) is 0 Å². The molecule has 0 aliphatic rings. The van der Waals surface area contributed by atoms with E-state index in [9.17, 15) is 4.20 Å². The zero-order valence-electron chi connectivity index (χ0n) is 2.99. The maximum atomic E-state index is 10.8. The van der Waals surface area contributed by atoms with Crippen molar-refractivity contribution in [1.29, 1.82) is 0 Å². The van der Waals surface area contributed by atoms with Crippen LogP contribution in [0.4, 0.5) is 4.20 Å². The number of rotatable bonds is 2. The van der Waals surface area contributed by atoms with Gasteiger partial charge in [0.05, 0.1) is 6.61 Å². The highest BCUT2D eigenvalue weighted by Crippen LogP contribution is 2.09. The van der Waals surface area contributed by atoms with Crippen molar-refractivity contribution < 1.29 is 8.72 Å². The molecule has 0 bridgehead atoms. The topological polar surface area (TPSA) is 9.23 Å². The van der Waals surface area contributed by atoms with Gasteiger partial charge in [-0.05, 0) is 6.92 Å². The predicted octanol–water partition coefficient (Wildman–Crippen LogP) is 1.50. The van der Waals surface area contributed by atoms with Crippen molar-refractivity contribution in [2.75, 3.05) is 6.61 Å². The minimum atomic E-state index is -0.842. The lowest BCUT2D eigenvalue weighted by molar-refractivity contribution is 0.371. The van der Waals surface area contributed by atoms with Gasteiger partial charge < -0.3 is 4.52 Å². The predicted molar refractivity (Wildman–Crippen MR) is 21.0 cm³/mol.